The van der Waals surface area contributed by atoms with Crippen molar-refractivity contribution in [1.82, 2.24) is 0 Å². The van der Waals surface area contributed by atoms with E-state index >= 15 is 0 Å². The van der Waals surface area contributed by atoms with E-state index in [1.165, 1.54) is 19.3 Å². The number of sulfonamides is 1. The summed E-state index contributed by atoms with van der Waals surface area (Å²) in [6.45, 7) is 6.51. The van der Waals surface area contributed by atoms with Crippen molar-refractivity contribution in [3.8, 4) is 0 Å². The van der Waals surface area contributed by atoms with E-state index in [9.17, 15) is 18.0 Å². The van der Waals surface area contributed by atoms with Gasteiger partial charge in [-0.05, 0) is 45.0 Å². The highest BCUT2D eigenvalue weighted by molar-refractivity contribution is 7.89. The summed E-state index contributed by atoms with van der Waals surface area (Å²) in [5.41, 5.74) is -0.769. The summed E-state index contributed by atoms with van der Waals surface area (Å²) < 4.78 is 39.1. The molecule has 0 saturated carbocycles. The summed E-state index contributed by atoms with van der Waals surface area (Å²) in [6, 6.07) is 5.64. The van der Waals surface area contributed by atoms with Crippen molar-refractivity contribution < 1.29 is 31.9 Å². The number of carbonyl (C=O) groups is 2. The Balaban J connectivity index is 2.31. The standard InChI is InChI=1S/C19H23ClN2O7S/c1-11(29-18(24)19(2,3)4)28-17(23)13-8-16(30(21,25)26)14(20)9-15(13)22-10-12-6-5-7-27-12/h5-9,11,22H,10H2,1-4H3,(H2,21,25,26). The molecule has 11 heteroatoms. The first-order valence-electron chi connectivity index (χ1n) is 8.83. The van der Waals surface area contributed by atoms with E-state index in [0.717, 1.165) is 6.07 Å². The van der Waals surface area contributed by atoms with E-state index in [1.54, 1.807) is 32.9 Å². The maximum atomic E-state index is 12.7. The van der Waals surface area contributed by atoms with E-state index in [-0.39, 0.29) is 22.8 Å². The number of nitrogens with one attached hydrogen (secondary N) is 1. The fourth-order valence-corrected chi connectivity index (χ4v) is 3.35. The molecule has 0 amide bonds. The average molecular weight is 459 g/mol. The molecule has 0 saturated heterocycles. The highest BCUT2D eigenvalue weighted by atomic mass is 35.5. The second-order valence-electron chi connectivity index (χ2n) is 7.43. The van der Waals surface area contributed by atoms with Crippen molar-refractivity contribution in [1.29, 1.82) is 0 Å². The molecule has 0 aliphatic rings. The minimum Gasteiger partial charge on any atom is -0.467 e. The number of furan rings is 1. The highest BCUT2D eigenvalue weighted by Crippen LogP contribution is 2.30. The zero-order valence-corrected chi connectivity index (χ0v) is 18.5. The predicted molar refractivity (Wildman–Crippen MR) is 109 cm³/mol. The number of hydrogen-bond acceptors (Lipinski definition) is 8. The Morgan fingerprint density at radius 2 is 1.93 bits per heavy atom. The summed E-state index contributed by atoms with van der Waals surface area (Å²) in [7, 11) is -4.20. The number of ether oxygens (including phenoxy) is 2. The van der Waals surface area contributed by atoms with Crippen molar-refractivity contribution in [2.75, 3.05) is 5.32 Å². The van der Waals surface area contributed by atoms with Crippen molar-refractivity contribution in [3.63, 3.8) is 0 Å². The van der Waals surface area contributed by atoms with Crippen LogP contribution in [-0.4, -0.2) is 26.6 Å². The van der Waals surface area contributed by atoms with Crippen LogP contribution in [0.25, 0.3) is 0 Å². The van der Waals surface area contributed by atoms with Crippen LogP contribution in [0.15, 0.2) is 39.8 Å². The summed E-state index contributed by atoms with van der Waals surface area (Å²) >= 11 is 6.03. The Kier molecular flexibility index (Phi) is 7.17. The zero-order chi connectivity index (χ0) is 22.7. The van der Waals surface area contributed by atoms with Crippen LogP contribution in [0.4, 0.5) is 5.69 Å². The molecule has 1 unspecified atom stereocenters. The Labute approximate surface area is 179 Å². The molecule has 0 aliphatic heterocycles. The van der Waals surface area contributed by atoms with Gasteiger partial charge in [0.25, 0.3) is 0 Å². The highest BCUT2D eigenvalue weighted by Gasteiger charge is 2.28. The molecule has 0 aliphatic carbocycles. The van der Waals surface area contributed by atoms with Gasteiger partial charge < -0.3 is 19.2 Å². The summed E-state index contributed by atoms with van der Waals surface area (Å²) in [5.74, 6) is -0.943. The lowest BCUT2D eigenvalue weighted by Gasteiger charge is -2.21. The third-order valence-electron chi connectivity index (χ3n) is 3.79. The van der Waals surface area contributed by atoms with Crippen LogP contribution in [-0.2, 0) is 30.8 Å². The second-order valence-corrected chi connectivity index (χ2v) is 9.37. The molecule has 0 radical (unpaired) electrons. The number of rotatable bonds is 7. The van der Waals surface area contributed by atoms with Gasteiger partial charge in [-0.2, -0.15) is 0 Å². The maximum absolute atomic E-state index is 12.7. The van der Waals surface area contributed by atoms with Crippen molar-refractivity contribution >= 4 is 39.3 Å². The number of nitrogens with two attached hydrogens (primary N) is 1. The lowest BCUT2D eigenvalue weighted by Crippen LogP contribution is -2.29. The molecular weight excluding hydrogens is 436 g/mol. The number of primary sulfonamides is 1. The van der Waals surface area contributed by atoms with Gasteiger partial charge in [0.1, 0.15) is 10.7 Å². The lowest BCUT2D eigenvalue weighted by molar-refractivity contribution is -0.174. The molecule has 3 N–H and O–H groups in total. The van der Waals surface area contributed by atoms with Crippen molar-refractivity contribution in [3.05, 3.63) is 46.9 Å². The maximum Gasteiger partial charge on any atom is 0.343 e. The molecule has 0 spiro atoms. The van der Waals surface area contributed by atoms with Gasteiger partial charge >= 0.3 is 11.9 Å². The van der Waals surface area contributed by atoms with Crippen LogP contribution in [0.5, 0.6) is 0 Å². The molecule has 30 heavy (non-hydrogen) atoms. The molecular formula is C19H23ClN2O7S. The van der Waals surface area contributed by atoms with Gasteiger partial charge in [0.15, 0.2) is 0 Å². The molecule has 1 aromatic heterocycles. The zero-order valence-electron chi connectivity index (χ0n) is 16.9. The largest absolute Gasteiger partial charge is 0.467 e. The van der Waals surface area contributed by atoms with Crippen LogP contribution < -0.4 is 10.5 Å². The Hall–Kier alpha value is -2.56. The molecule has 1 heterocycles. The predicted octanol–water partition coefficient (Wildman–Crippen LogP) is 3.28. The third-order valence-corrected chi connectivity index (χ3v) is 5.17. The van der Waals surface area contributed by atoms with Crippen LogP contribution in [0, 0.1) is 5.41 Å². The molecule has 9 nitrogen and oxygen atoms in total. The van der Waals surface area contributed by atoms with Gasteiger partial charge in [0, 0.05) is 6.92 Å². The van der Waals surface area contributed by atoms with E-state index in [4.69, 9.17) is 30.6 Å². The molecule has 1 aromatic carbocycles. The van der Waals surface area contributed by atoms with Gasteiger partial charge in [-0.25, -0.2) is 18.4 Å². The Bertz CT molecular complexity index is 1030. The van der Waals surface area contributed by atoms with Gasteiger partial charge in [-0.1, -0.05) is 11.6 Å². The van der Waals surface area contributed by atoms with Crippen LogP contribution in [0.2, 0.25) is 5.02 Å². The first-order valence-corrected chi connectivity index (χ1v) is 10.8. The normalized spacial score (nSPS) is 12.9. The number of anilines is 1. The quantitative estimate of drug-likeness (QED) is 0.476. The van der Waals surface area contributed by atoms with Gasteiger partial charge in [-0.15, -0.1) is 0 Å². The lowest BCUT2D eigenvalue weighted by atomic mass is 9.97. The average Bonchev–Trinajstić information content (AvgIpc) is 3.11. The van der Waals surface area contributed by atoms with E-state index < -0.39 is 38.6 Å². The number of esters is 2. The molecule has 2 rings (SSSR count). The van der Waals surface area contributed by atoms with Crippen LogP contribution in [0.3, 0.4) is 0 Å². The summed E-state index contributed by atoms with van der Waals surface area (Å²) in [5, 5.41) is 7.93. The molecule has 164 valence electrons. The molecule has 2 aromatic rings. The third kappa shape index (κ3) is 6.22. The monoisotopic (exact) mass is 458 g/mol. The Morgan fingerprint density at radius 1 is 1.27 bits per heavy atom. The van der Waals surface area contributed by atoms with E-state index in [1.807, 2.05) is 0 Å². The Morgan fingerprint density at radius 3 is 2.47 bits per heavy atom. The van der Waals surface area contributed by atoms with Crippen LogP contribution in [0.1, 0.15) is 43.8 Å². The minimum atomic E-state index is -4.20. The summed E-state index contributed by atoms with van der Waals surface area (Å²) in [6.07, 6.45) is 0.268. The first kappa shape index (κ1) is 23.7. The number of hydrogen-bond donors (Lipinski definition) is 2. The SMILES string of the molecule is CC(OC(=O)c1cc(S(N)(=O)=O)c(Cl)cc1NCc1ccco1)OC(=O)C(C)(C)C. The van der Waals surface area contributed by atoms with Crippen molar-refractivity contribution in [2.24, 2.45) is 10.6 Å². The molecule has 0 fully saturated rings. The van der Waals surface area contributed by atoms with E-state index in [0.29, 0.717) is 5.76 Å². The van der Waals surface area contributed by atoms with Gasteiger partial charge in [0.05, 0.1) is 34.5 Å². The number of carbonyl (C=O) groups excluding carboxylic acids is 2. The topological polar surface area (TPSA) is 138 Å². The van der Waals surface area contributed by atoms with E-state index in [2.05, 4.69) is 5.32 Å². The van der Waals surface area contributed by atoms with Crippen molar-refractivity contribution in [2.45, 2.75) is 45.4 Å². The molecule has 1 atom stereocenters. The first-order chi connectivity index (χ1) is 13.8. The number of benzene rings is 1. The van der Waals surface area contributed by atoms with Gasteiger partial charge in [-0.3, -0.25) is 4.79 Å². The fourth-order valence-electron chi connectivity index (χ4n) is 2.25. The summed E-state index contributed by atoms with van der Waals surface area (Å²) in [4.78, 5) is 24.2. The number of halogens is 1. The smallest absolute Gasteiger partial charge is 0.343 e. The van der Waals surface area contributed by atoms with Crippen LogP contribution >= 0.6 is 11.6 Å². The second kappa shape index (κ2) is 9.07. The molecule has 0 bridgehead atoms. The fraction of sp³-hybridized carbons (Fsp3) is 0.368. The van der Waals surface area contributed by atoms with Gasteiger partial charge in [0.2, 0.25) is 16.3 Å². The minimum absolute atomic E-state index is 0.159.